The summed E-state index contributed by atoms with van der Waals surface area (Å²) in [5.41, 5.74) is 6.65. The Balaban J connectivity index is 3.81. The van der Waals surface area contributed by atoms with Crippen LogP contribution in [0.1, 0.15) is 0 Å². The summed E-state index contributed by atoms with van der Waals surface area (Å²) >= 11 is 9.24. The van der Waals surface area contributed by atoms with Crippen molar-refractivity contribution in [1.29, 1.82) is 0 Å². The zero-order valence-electron chi connectivity index (χ0n) is 4.91. The van der Waals surface area contributed by atoms with Crippen molar-refractivity contribution in [2.45, 2.75) is 0 Å². The van der Waals surface area contributed by atoms with Crippen molar-refractivity contribution in [1.82, 2.24) is 4.90 Å². The van der Waals surface area contributed by atoms with E-state index in [-0.39, 0.29) is 5.11 Å². The van der Waals surface area contributed by atoms with Gasteiger partial charge in [-0.3, -0.25) is 0 Å². The molecule has 0 radical (unpaired) electrons. The van der Waals surface area contributed by atoms with Crippen LogP contribution < -0.4 is 5.73 Å². The molecule has 0 atom stereocenters. The normalized spacial score (nSPS) is 8.00. The highest BCUT2D eigenvalue weighted by molar-refractivity contribution is 7.81. The minimum Gasteiger partial charge on any atom is -0.376 e. The molecular formula is C5H8N2S2. The SMILES string of the molecule is C=CCN(C=S)C(N)=S. The average Bonchev–Trinajstić information content (AvgIpc) is 1.82. The van der Waals surface area contributed by atoms with Crippen LogP contribution in [0.25, 0.3) is 0 Å². The van der Waals surface area contributed by atoms with Gasteiger partial charge in [0.1, 0.15) is 0 Å². The van der Waals surface area contributed by atoms with Crippen LogP contribution in [0.2, 0.25) is 0 Å². The summed E-state index contributed by atoms with van der Waals surface area (Å²) in [4.78, 5) is 1.55. The molecule has 0 saturated heterocycles. The molecule has 0 rings (SSSR count). The van der Waals surface area contributed by atoms with Crippen LogP contribution in [-0.4, -0.2) is 22.0 Å². The molecule has 9 heavy (non-hydrogen) atoms. The predicted molar refractivity (Wildman–Crippen MR) is 47.3 cm³/mol. The van der Waals surface area contributed by atoms with Gasteiger partial charge in [0, 0.05) is 6.54 Å². The largest absolute Gasteiger partial charge is 0.376 e. The molecule has 2 N–H and O–H groups in total. The average molecular weight is 160 g/mol. The van der Waals surface area contributed by atoms with E-state index in [4.69, 9.17) is 5.73 Å². The van der Waals surface area contributed by atoms with Crippen LogP contribution >= 0.6 is 24.4 Å². The lowest BCUT2D eigenvalue weighted by molar-refractivity contribution is 0.718. The summed E-state index contributed by atoms with van der Waals surface area (Å²) in [6.45, 7) is 4.09. The van der Waals surface area contributed by atoms with E-state index >= 15 is 0 Å². The molecule has 0 amide bonds. The third-order valence-corrected chi connectivity index (χ3v) is 1.23. The zero-order valence-corrected chi connectivity index (χ0v) is 6.54. The number of nitrogens with zero attached hydrogens (tertiary/aromatic N) is 1. The molecule has 0 aliphatic rings. The lowest BCUT2D eigenvalue weighted by Crippen LogP contribution is -2.33. The molecule has 0 bridgehead atoms. The molecule has 0 heterocycles. The minimum atomic E-state index is 0.282. The molecule has 0 aliphatic heterocycles. The topological polar surface area (TPSA) is 29.3 Å². The molecule has 0 spiro atoms. The van der Waals surface area contributed by atoms with Gasteiger partial charge in [0.05, 0.1) is 5.49 Å². The highest BCUT2D eigenvalue weighted by Gasteiger charge is 1.96. The van der Waals surface area contributed by atoms with Crippen molar-refractivity contribution in [3.8, 4) is 0 Å². The van der Waals surface area contributed by atoms with E-state index in [1.807, 2.05) is 0 Å². The van der Waals surface area contributed by atoms with Gasteiger partial charge >= 0.3 is 0 Å². The Kier molecular flexibility index (Phi) is 4.17. The van der Waals surface area contributed by atoms with Gasteiger partial charge in [-0.15, -0.1) is 6.58 Å². The number of hydrogen-bond donors (Lipinski definition) is 1. The molecule has 4 heteroatoms. The van der Waals surface area contributed by atoms with Crippen LogP contribution in [0.15, 0.2) is 12.7 Å². The first-order valence-electron chi connectivity index (χ1n) is 2.34. The summed E-state index contributed by atoms with van der Waals surface area (Å²) < 4.78 is 0. The molecule has 0 aromatic heterocycles. The van der Waals surface area contributed by atoms with Crippen LogP contribution in [0, 0.1) is 0 Å². The first-order valence-corrected chi connectivity index (χ1v) is 3.22. The second-order valence-corrected chi connectivity index (χ2v) is 2.01. The molecule has 2 nitrogen and oxygen atoms in total. The fourth-order valence-corrected chi connectivity index (χ4v) is 0.718. The number of rotatable bonds is 3. The Morgan fingerprint density at radius 3 is 2.44 bits per heavy atom. The Morgan fingerprint density at radius 2 is 2.33 bits per heavy atom. The molecule has 0 fully saturated rings. The molecule has 0 aromatic carbocycles. The third kappa shape index (κ3) is 3.16. The number of thiocarbonyl (C=S) groups is 2. The van der Waals surface area contributed by atoms with Crippen LogP contribution in [-0.2, 0) is 0 Å². The van der Waals surface area contributed by atoms with Gasteiger partial charge in [-0.2, -0.15) is 0 Å². The maximum absolute atomic E-state index is 5.24. The van der Waals surface area contributed by atoms with Gasteiger partial charge in [0.25, 0.3) is 0 Å². The summed E-state index contributed by atoms with van der Waals surface area (Å²) in [5, 5.41) is 0.282. The standard InChI is InChI=1S/C5H8N2S2/c1-2-3-7(4-8)5(6)9/h2,4H,1,3H2,(H2,6,9). The summed E-state index contributed by atoms with van der Waals surface area (Å²) in [6.07, 6.45) is 1.68. The van der Waals surface area contributed by atoms with Crippen molar-refractivity contribution in [2.75, 3.05) is 6.54 Å². The van der Waals surface area contributed by atoms with E-state index in [2.05, 4.69) is 31.0 Å². The Hall–Kier alpha value is -0.480. The number of nitrogens with two attached hydrogens (primary N) is 1. The van der Waals surface area contributed by atoms with E-state index in [0.717, 1.165) is 0 Å². The Morgan fingerprint density at radius 1 is 1.78 bits per heavy atom. The molecular weight excluding hydrogens is 152 g/mol. The summed E-state index contributed by atoms with van der Waals surface area (Å²) in [5.74, 6) is 0. The first-order chi connectivity index (χ1) is 4.22. The smallest absolute Gasteiger partial charge is 0.171 e. The highest BCUT2D eigenvalue weighted by atomic mass is 32.1. The molecule has 0 saturated carbocycles. The van der Waals surface area contributed by atoms with E-state index in [1.54, 1.807) is 11.0 Å². The lowest BCUT2D eigenvalue weighted by Gasteiger charge is -2.12. The van der Waals surface area contributed by atoms with Gasteiger partial charge in [-0.1, -0.05) is 18.3 Å². The highest BCUT2D eigenvalue weighted by Crippen LogP contribution is 1.82. The van der Waals surface area contributed by atoms with Gasteiger partial charge < -0.3 is 10.6 Å². The molecule has 0 aromatic rings. The van der Waals surface area contributed by atoms with Crippen molar-refractivity contribution in [3.05, 3.63) is 12.7 Å². The number of hydrogen-bond acceptors (Lipinski definition) is 2. The quantitative estimate of drug-likeness (QED) is 0.485. The Bertz CT molecular complexity index is 133. The van der Waals surface area contributed by atoms with E-state index < -0.39 is 0 Å². The van der Waals surface area contributed by atoms with Crippen LogP contribution in [0.4, 0.5) is 0 Å². The third-order valence-electron chi connectivity index (χ3n) is 0.736. The minimum absolute atomic E-state index is 0.282. The van der Waals surface area contributed by atoms with Gasteiger partial charge in [0.2, 0.25) is 0 Å². The second kappa shape index (κ2) is 4.40. The van der Waals surface area contributed by atoms with Crippen LogP contribution in [0.3, 0.4) is 0 Å². The fourth-order valence-electron chi connectivity index (χ4n) is 0.324. The lowest BCUT2D eigenvalue weighted by atomic mass is 10.6. The summed E-state index contributed by atoms with van der Waals surface area (Å²) in [7, 11) is 0. The molecule has 0 unspecified atom stereocenters. The van der Waals surface area contributed by atoms with E-state index in [0.29, 0.717) is 6.54 Å². The fraction of sp³-hybridized carbons (Fsp3) is 0.200. The van der Waals surface area contributed by atoms with Crippen molar-refractivity contribution in [3.63, 3.8) is 0 Å². The maximum Gasteiger partial charge on any atom is 0.171 e. The van der Waals surface area contributed by atoms with E-state index in [9.17, 15) is 0 Å². The van der Waals surface area contributed by atoms with Gasteiger partial charge in [-0.05, 0) is 12.2 Å². The van der Waals surface area contributed by atoms with Gasteiger partial charge in [-0.25, -0.2) is 0 Å². The molecule has 0 aliphatic carbocycles. The van der Waals surface area contributed by atoms with Crippen molar-refractivity contribution >= 4 is 35.0 Å². The Labute approximate surface area is 65.3 Å². The van der Waals surface area contributed by atoms with Crippen molar-refractivity contribution < 1.29 is 0 Å². The molecule has 50 valence electrons. The second-order valence-electron chi connectivity index (χ2n) is 1.38. The maximum atomic E-state index is 5.24. The summed E-state index contributed by atoms with van der Waals surface area (Å²) in [6, 6.07) is 0. The van der Waals surface area contributed by atoms with Gasteiger partial charge in [0.15, 0.2) is 5.11 Å². The van der Waals surface area contributed by atoms with E-state index in [1.165, 1.54) is 5.49 Å². The zero-order chi connectivity index (χ0) is 7.28. The van der Waals surface area contributed by atoms with Crippen molar-refractivity contribution in [2.24, 2.45) is 5.73 Å². The predicted octanol–water partition coefficient (Wildman–Crippen LogP) is 0.675. The first kappa shape index (κ1) is 8.52. The van der Waals surface area contributed by atoms with Crippen LogP contribution in [0.5, 0.6) is 0 Å². The monoisotopic (exact) mass is 160 g/mol.